The van der Waals surface area contributed by atoms with Gasteiger partial charge in [0.15, 0.2) is 11.5 Å². The molecule has 3 aromatic rings. The van der Waals surface area contributed by atoms with Crippen LogP contribution in [0.3, 0.4) is 0 Å². The van der Waals surface area contributed by atoms with Gasteiger partial charge in [0.25, 0.3) is 0 Å². The first kappa shape index (κ1) is 19.0. The number of pyridine rings is 1. The van der Waals surface area contributed by atoms with Gasteiger partial charge < -0.3 is 15.0 Å². The maximum atomic E-state index is 11.6. The van der Waals surface area contributed by atoms with Crippen LogP contribution in [0.25, 0.3) is 16.9 Å². The summed E-state index contributed by atoms with van der Waals surface area (Å²) >= 11 is 0. The molecule has 0 bridgehead atoms. The molecule has 1 aliphatic carbocycles. The van der Waals surface area contributed by atoms with E-state index in [1.54, 1.807) is 17.8 Å². The van der Waals surface area contributed by atoms with Gasteiger partial charge in [-0.1, -0.05) is 0 Å². The number of hydrogen-bond donors (Lipinski definition) is 2. The van der Waals surface area contributed by atoms with E-state index in [4.69, 9.17) is 9.72 Å². The van der Waals surface area contributed by atoms with Crippen molar-refractivity contribution in [2.75, 3.05) is 24.7 Å². The largest absolute Gasteiger partial charge is 0.377 e. The summed E-state index contributed by atoms with van der Waals surface area (Å²) in [4.78, 5) is 18.9. The Bertz CT molecular complexity index is 1070. The fourth-order valence-corrected chi connectivity index (χ4v) is 4.88. The number of ether oxygens (including phenoxy) is 1. The van der Waals surface area contributed by atoms with Crippen LogP contribution in [-0.2, 0) is 9.53 Å². The Morgan fingerprint density at radius 3 is 2.90 bits per heavy atom. The van der Waals surface area contributed by atoms with Crippen molar-refractivity contribution in [3.05, 3.63) is 30.1 Å². The van der Waals surface area contributed by atoms with E-state index in [1.807, 2.05) is 12.3 Å². The molecule has 0 unspecified atom stereocenters. The molecule has 2 fully saturated rings. The minimum absolute atomic E-state index is 0.0185. The summed E-state index contributed by atoms with van der Waals surface area (Å²) in [6, 6.07) is 4.35. The number of carbonyl (C=O) groups is 1. The van der Waals surface area contributed by atoms with E-state index in [-0.39, 0.29) is 17.5 Å². The number of rotatable bonds is 4. The van der Waals surface area contributed by atoms with Crippen LogP contribution in [-0.4, -0.2) is 62.2 Å². The topological polar surface area (TPSA) is 101 Å². The molecule has 9 heteroatoms. The molecule has 0 aromatic carbocycles. The lowest BCUT2D eigenvalue weighted by atomic mass is 9.66. The zero-order chi connectivity index (χ0) is 20.9. The lowest BCUT2D eigenvalue weighted by molar-refractivity contribution is -0.121. The van der Waals surface area contributed by atoms with Gasteiger partial charge in [-0.3, -0.25) is 9.89 Å². The Balaban J connectivity index is 1.58. The van der Waals surface area contributed by atoms with Crippen LogP contribution in [0.5, 0.6) is 0 Å². The number of hydrogen-bond acceptors (Lipinski definition) is 6. The van der Waals surface area contributed by atoms with Crippen molar-refractivity contribution in [3.63, 3.8) is 0 Å². The van der Waals surface area contributed by atoms with E-state index in [0.29, 0.717) is 24.9 Å². The average molecular weight is 409 g/mol. The lowest BCUT2D eigenvalue weighted by Gasteiger charge is -2.46. The van der Waals surface area contributed by atoms with E-state index < -0.39 is 0 Å². The van der Waals surface area contributed by atoms with Crippen molar-refractivity contribution >= 4 is 22.8 Å². The van der Waals surface area contributed by atoms with Gasteiger partial charge in [0.05, 0.1) is 25.5 Å². The van der Waals surface area contributed by atoms with Crippen molar-refractivity contribution in [2.24, 2.45) is 0 Å². The summed E-state index contributed by atoms with van der Waals surface area (Å²) in [5.41, 5.74) is 1.89. The smallest absolute Gasteiger partial charge is 0.217 e. The molecule has 5 rings (SSSR count). The summed E-state index contributed by atoms with van der Waals surface area (Å²) in [5, 5.41) is 15.9. The number of anilines is 1. The van der Waals surface area contributed by atoms with Gasteiger partial charge >= 0.3 is 0 Å². The SMILES string of the molecule is CC(=O)NC1(C)CC(c2cc(N3CCOC[C@H]3C)nc3c2cnn3-c2cc[nH]n2)C1. The maximum absolute atomic E-state index is 11.6. The highest BCUT2D eigenvalue weighted by Gasteiger charge is 2.42. The second-order valence-corrected chi connectivity index (χ2v) is 8.76. The zero-order valence-electron chi connectivity index (χ0n) is 17.6. The van der Waals surface area contributed by atoms with Crippen molar-refractivity contribution in [3.8, 4) is 5.82 Å². The number of H-pyrrole nitrogens is 1. The number of aromatic amines is 1. The van der Waals surface area contributed by atoms with E-state index in [2.05, 4.69) is 45.4 Å². The van der Waals surface area contributed by atoms with Gasteiger partial charge in [0.1, 0.15) is 5.82 Å². The quantitative estimate of drug-likeness (QED) is 0.685. The Morgan fingerprint density at radius 1 is 1.37 bits per heavy atom. The lowest BCUT2D eigenvalue weighted by Crippen LogP contribution is -2.53. The van der Waals surface area contributed by atoms with Gasteiger partial charge in [-0.05, 0) is 44.2 Å². The summed E-state index contributed by atoms with van der Waals surface area (Å²) in [6.07, 6.45) is 5.46. The minimum Gasteiger partial charge on any atom is -0.377 e. The van der Waals surface area contributed by atoms with Crippen LogP contribution in [0.15, 0.2) is 24.5 Å². The number of nitrogens with one attached hydrogen (secondary N) is 2. The van der Waals surface area contributed by atoms with Gasteiger partial charge in [-0.25, -0.2) is 4.98 Å². The highest BCUT2D eigenvalue weighted by molar-refractivity contribution is 5.83. The second-order valence-electron chi connectivity index (χ2n) is 8.76. The third-order valence-corrected chi connectivity index (χ3v) is 6.24. The van der Waals surface area contributed by atoms with Crippen molar-refractivity contribution < 1.29 is 9.53 Å². The molecule has 3 aromatic heterocycles. The van der Waals surface area contributed by atoms with Crippen LogP contribution in [0, 0.1) is 0 Å². The predicted octanol–water partition coefficient (Wildman–Crippen LogP) is 2.14. The Hall–Kier alpha value is -2.94. The minimum atomic E-state index is -0.156. The zero-order valence-corrected chi connectivity index (χ0v) is 17.6. The van der Waals surface area contributed by atoms with E-state index in [1.165, 1.54) is 5.56 Å². The van der Waals surface area contributed by atoms with Crippen LogP contribution < -0.4 is 10.2 Å². The molecule has 30 heavy (non-hydrogen) atoms. The maximum Gasteiger partial charge on any atom is 0.217 e. The normalized spacial score (nSPS) is 26.6. The molecule has 0 spiro atoms. The molecule has 158 valence electrons. The molecule has 9 nitrogen and oxygen atoms in total. The molecule has 1 saturated heterocycles. The molecule has 1 saturated carbocycles. The monoisotopic (exact) mass is 409 g/mol. The number of morpholine rings is 1. The van der Waals surface area contributed by atoms with Crippen molar-refractivity contribution in [1.82, 2.24) is 30.3 Å². The second kappa shape index (κ2) is 7.09. The van der Waals surface area contributed by atoms with Crippen LogP contribution >= 0.6 is 0 Å². The average Bonchev–Trinajstić information content (AvgIpc) is 3.34. The molecule has 2 N–H and O–H groups in total. The highest BCUT2D eigenvalue weighted by Crippen LogP contribution is 2.47. The van der Waals surface area contributed by atoms with Gasteiger partial charge in [0, 0.05) is 36.7 Å². The standard InChI is InChI=1S/C21H27N7O2/c1-13-12-30-7-6-27(13)19-8-16(15-9-21(3,10-15)25-14(2)29)17-11-23-28(20(17)24-19)18-4-5-22-26-18/h4-5,8,11,13,15H,6-7,9-10,12H2,1-3H3,(H,22,26)(H,25,29)/t13-,15?,21?/m1/s1. The van der Waals surface area contributed by atoms with Crippen molar-refractivity contribution in [2.45, 2.75) is 51.1 Å². The summed E-state index contributed by atoms with van der Waals surface area (Å²) < 4.78 is 7.41. The fraction of sp³-hybridized carbons (Fsp3) is 0.524. The van der Waals surface area contributed by atoms with E-state index in [0.717, 1.165) is 36.2 Å². The fourth-order valence-electron chi connectivity index (χ4n) is 4.88. The van der Waals surface area contributed by atoms with E-state index >= 15 is 0 Å². The van der Waals surface area contributed by atoms with Gasteiger partial charge in [-0.15, -0.1) is 0 Å². The first-order chi connectivity index (χ1) is 14.4. The van der Waals surface area contributed by atoms with Crippen LogP contribution in [0.2, 0.25) is 0 Å². The third kappa shape index (κ3) is 3.23. The first-order valence-electron chi connectivity index (χ1n) is 10.5. The summed E-state index contributed by atoms with van der Waals surface area (Å²) in [7, 11) is 0. The van der Waals surface area contributed by atoms with Crippen LogP contribution in [0.1, 0.15) is 45.1 Å². The molecular weight excluding hydrogens is 382 g/mol. The van der Waals surface area contributed by atoms with Gasteiger partial charge in [-0.2, -0.15) is 14.9 Å². The molecule has 4 heterocycles. The summed E-state index contributed by atoms with van der Waals surface area (Å²) in [5.74, 6) is 2.02. The number of nitrogens with zero attached hydrogens (tertiary/aromatic N) is 5. The molecule has 1 aliphatic heterocycles. The molecule has 1 atom stereocenters. The molecular formula is C21H27N7O2. The number of amides is 1. The Labute approximate surface area is 174 Å². The first-order valence-corrected chi connectivity index (χ1v) is 10.5. The van der Waals surface area contributed by atoms with Crippen LogP contribution in [0.4, 0.5) is 5.82 Å². The molecule has 0 radical (unpaired) electrons. The predicted molar refractivity (Wildman–Crippen MR) is 113 cm³/mol. The third-order valence-electron chi connectivity index (χ3n) is 6.24. The highest BCUT2D eigenvalue weighted by atomic mass is 16.5. The van der Waals surface area contributed by atoms with Crippen molar-refractivity contribution in [1.29, 1.82) is 0 Å². The van der Waals surface area contributed by atoms with E-state index in [9.17, 15) is 4.79 Å². The Morgan fingerprint density at radius 2 is 2.20 bits per heavy atom. The summed E-state index contributed by atoms with van der Waals surface area (Å²) in [6.45, 7) is 8.05. The molecule has 1 amide bonds. The Kier molecular flexibility index (Phi) is 4.50. The number of aromatic nitrogens is 5. The number of fused-ring (bicyclic) bond motifs is 1. The number of carbonyl (C=O) groups excluding carboxylic acids is 1. The van der Waals surface area contributed by atoms with Gasteiger partial charge in [0.2, 0.25) is 5.91 Å². The molecule has 2 aliphatic rings.